The Kier molecular flexibility index (Phi) is 9.52. The van der Waals surface area contributed by atoms with Gasteiger partial charge in [0.2, 0.25) is 0 Å². The molecule has 0 spiro atoms. The number of ether oxygens (including phenoxy) is 1. The second-order valence-electron chi connectivity index (χ2n) is 3.79. The summed E-state index contributed by atoms with van der Waals surface area (Å²) < 4.78 is 5.16. The van der Waals surface area contributed by atoms with Crippen molar-refractivity contribution in [3.8, 4) is 0 Å². The van der Waals surface area contributed by atoms with Crippen LogP contribution in [0.3, 0.4) is 0 Å². The molecule has 4 nitrogen and oxygen atoms in total. The van der Waals surface area contributed by atoms with E-state index >= 15 is 0 Å². The van der Waals surface area contributed by atoms with E-state index in [1.165, 1.54) is 25.7 Å². The molecule has 90 valence electrons. The number of carboxylic acid groups (broad SMARTS) is 1. The molecule has 15 heavy (non-hydrogen) atoms. The number of hydrogen-bond acceptors (Lipinski definition) is 3. The summed E-state index contributed by atoms with van der Waals surface area (Å²) in [6, 6.07) is -0.884. The fourth-order valence-corrected chi connectivity index (χ4v) is 1.27. The van der Waals surface area contributed by atoms with E-state index in [2.05, 4.69) is 6.92 Å². The average molecular weight is 217 g/mol. The van der Waals surface area contributed by atoms with Crippen LogP contribution < -0.4 is 5.73 Å². The van der Waals surface area contributed by atoms with E-state index in [1.807, 2.05) is 0 Å². The molecule has 0 aliphatic carbocycles. The highest BCUT2D eigenvalue weighted by Gasteiger charge is 2.10. The lowest BCUT2D eigenvalue weighted by molar-refractivity contribution is -0.140. The molecular formula is C11H23NO3. The van der Waals surface area contributed by atoms with Crippen LogP contribution in [0.1, 0.15) is 45.4 Å². The van der Waals surface area contributed by atoms with Gasteiger partial charge in [-0.05, 0) is 6.42 Å². The predicted molar refractivity (Wildman–Crippen MR) is 59.8 cm³/mol. The molecule has 0 saturated carbocycles. The lowest BCUT2D eigenvalue weighted by Crippen LogP contribution is -2.34. The Hall–Kier alpha value is -0.610. The molecule has 0 unspecified atom stereocenters. The lowest BCUT2D eigenvalue weighted by atomic mass is 10.1. The number of nitrogens with two attached hydrogens (primary N) is 1. The molecule has 0 rings (SSSR count). The Morgan fingerprint density at radius 3 is 2.47 bits per heavy atom. The van der Waals surface area contributed by atoms with Gasteiger partial charge >= 0.3 is 5.97 Å². The first-order valence-electron chi connectivity index (χ1n) is 5.74. The maximum atomic E-state index is 10.3. The second-order valence-corrected chi connectivity index (χ2v) is 3.79. The molecule has 0 aliphatic heterocycles. The van der Waals surface area contributed by atoms with E-state index in [1.54, 1.807) is 0 Å². The number of unbranched alkanes of at least 4 members (excludes halogenated alkanes) is 5. The summed E-state index contributed by atoms with van der Waals surface area (Å²) in [6.07, 6.45) is 7.22. The van der Waals surface area contributed by atoms with Gasteiger partial charge in [0.25, 0.3) is 0 Å². The van der Waals surface area contributed by atoms with E-state index in [0.29, 0.717) is 6.61 Å². The Labute approximate surface area is 91.8 Å². The zero-order valence-corrected chi connectivity index (χ0v) is 9.58. The standard InChI is InChI=1S/C11H23NO3/c1-2-3-4-5-6-7-8-15-9-10(12)11(13)14/h10H,2-9,12H2,1H3,(H,13,14)/t10-/m0/s1. The fraction of sp³-hybridized carbons (Fsp3) is 0.909. The van der Waals surface area contributed by atoms with E-state index in [4.69, 9.17) is 15.6 Å². The van der Waals surface area contributed by atoms with Gasteiger partial charge in [-0.25, -0.2) is 0 Å². The summed E-state index contributed by atoms with van der Waals surface area (Å²) in [5.74, 6) is -1.00. The van der Waals surface area contributed by atoms with Crippen LogP contribution in [-0.2, 0) is 9.53 Å². The van der Waals surface area contributed by atoms with Gasteiger partial charge in [0.1, 0.15) is 6.04 Å². The summed E-state index contributed by atoms with van der Waals surface area (Å²) in [6.45, 7) is 2.92. The highest BCUT2D eigenvalue weighted by Crippen LogP contribution is 2.04. The Morgan fingerprint density at radius 2 is 1.87 bits per heavy atom. The smallest absolute Gasteiger partial charge is 0.322 e. The minimum absolute atomic E-state index is 0.115. The number of carboxylic acids is 1. The van der Waals surface area contributed by atoms with Crippen LogP contribution in [0.25, 0.3) is 0 Å². The Balaban J connectivity index is 3.08. The molecule has 0 saturated heterocycles. The summed E-state index contributed by atoms with van der Waals surface area (Å²) in [5.41, 5.74) is 5.27. The van der Waals surface area contributed by atoms with Gasteiger partial charge in [0, 0.05) is 6.61 Å². The maximum Gasteiger partial charge on any atom is 0.322 e. The van der Waals surface area contributed by atoms with Crippen LogP contribution in [0.5, 0.6) is 0 Å². The van der Waals surface area contributed by atoms with Gasteiger partial charge in [-0.1, -0.05) is 39.0 Å². The molecule has 0 heterocycles. The molecule has 0 aromatic rings. The van der Waals surface area contributed by atoms with Crippen molar-refractivity contribution >= 4 is 5.97 Å². The maximum absolute atomic E-state index is 10.3. The fourth-order valence-electron chi connectivity index (χ4n) is 1.27. The van der Waals surface area contributed by atoms with Gasteiger partial charge in [0.05, 0.1) is 6.61 Å². The normalized spacial score (nSPS) is 12.7. The van der Waals surface area contributed by atoms with Gasteiger partial charge in [0.15, 0.2) is 0 Å². The van der Waals surface area contributed by atoms with Gasteiger partial charge in [-0.15, -0.1) is 0 Å². The summed E-state index contributed by atoms with van der Waals surface area (Å²) in [7, 11) is 0. The number of carbonyl (C=O) groups is 1. The van der Waals surface area contributed by atoms with Crippen molar-refractivity contribution in [3.05, 3.63) is 0 Å². The Morgan fingerprint density at radius 1 is 1.27 bits per heavy atom. The quantitative estimate of drug-likeness (QED) is 0.547. The van der Waals surface area contributed by atoms with E-state index < -0.39 is 12.0 Å². The molecule has 0 aromatic carbocycles. The molecule has 0 fully saturated rings. The highest BCUT2D eigenvalue weighted by molar-refractivity contribution is 5.73. The van der Waals surface area contributed by atoms with E-state index in [0.717, 1.165) is 12.8 Å². The molecule has 1 atom stereocenters. The third-order valence-corrected chi connectivity index (χ3v) is 2.26. The monoisotopic (exact) mass is 217 g/mol. The van der Waals surface area contributed by atoms with Crippen molar-refractivity contribution in [2.75, 3.05) is 13.2 Å². The minimum Gasteiger partial charge on any atom is -0.480 e. The lowest BCUT2D eigenvalue weighted by Gasteiger charge is -2.07. The minimum atomic E-state index is -1.00. The molecular weight excluding hydrogens is 194 g/mol. The van der Waals surface area contributed by atoms with Crippen LogP contribution in [0.4, 0.5) is 0 Å². The first-order chi connectivity index (χ1) is 7.18. The average Bonchev–Trinajstić information content (AvgIpc) is 2.21. The summed E-state index contributed by atoms with van der Waals surface area (Å²) in [4.78, 5) is 10.3. The SMILES string of the molecule is CCCCCCCCOC[C@H](N)C(=O)O. The summed E-state index contributed by atoms with van der Waals surface area (Å²) in [5, 5.41) is 8.48. The first-order valence-corrected chi connectivity index (χ1v) is 5.74. The van der Waals surface area contributed by atoms with Crippen molar-refractivity contribution in [1.82, 2.24) is 0 Å². The van der Waals surface area contributed by atoms with Gasteiger partial charge < -0.3 is 15.6 Å². The van der Waals surface area contributed by atoms with Crippen molar-refractivity contribution < 1.29 is 14.6 Å². The van der Waals surface area contributed by atoms with Gasteiger partial charge in [-0.3, -0.25) is 4.79 Å². The van der Waals surface area contributed by atoms with Gasteiger partial charge in [-0.2, -0.15) is 0 Å². The number of aliphatic carboxylic acids is 1. The molecule has 0 amide bonds. The molecule has 0 radical (unpaired) electrons. The summed E-state index contributed by atoms with van der Waals surface area (Å²) >= 11 is 0. The molecule has 4 heteroatoms. The third-order valence-electron chi connectivity index (χ3n) is 2.26. The van der Waals surface area contributed by atoms with Crippen molar-refractivity contribution in [1.29, 1.82) is 0 Å². The van der Waals surface area contributed by atoms with E-state index in [-0.39, 0.29) is 6.61 Å². The van der Waals surface area contributed by atoms with Crippen LogP contribution in [0.15, 0.2) is 0 Å². The predicted octanol–water partition coefficient (Wildman–Crippen LogP) is 1.78. The van der Waals surface area contributed by atoms with Crippen molar-refractivity contribution in [2.24, 2.45) is 5.73 Å². The van der Waals surface area contributed by atoms with Crippen LogP contribution >= 0.6 is 0 Å². The molecule has 0 aromatic heterocycles. The van der Waals surface area contributed by atoms with Crippen LogP contribution in [-0.4, -0.2) is 30.3 Å². The van der Waals surface area contributed by atoms with Crippen LogP contribution in [0, 0.1) is 0 Å². The molecule has 0 aliphatic rings. The number of rotatable bonds is 10. The zero-order chi connectivity index (χ0) is 11.5. The van der Waals surface area contributed by atoms with Crippen molar-refractivity contribution in [3.63, 3.8) is 0 Å². The van der Waals surface area contributed by atoms with E-state index in [9.17, 15) is 4.79 Å². The zero-order valence-electron chi connectivity index (χ0n) is 9.58. The number of hydrogen-bond donors (Lipinski definition) is 2. The highest BCUT2D eigenvalue weighted by atomic mass is 16.5. The second kappa shape index (κ2) is 9.93. The molecule has 0 bridgehead atoms. The van der Waals surface area contributed by atoms with Crippen LogP contribution in [0.2, 0.25) is 0 Å². The van der Waals surface area contributed by atoms with Crippen molar-refractivity contribution in [2.45, 2.75) is 51.5 Å². The topological polar surface area (TPSA) is 72.5 Å². The first kappa shape index (κ1) is 14.4. The largest absolute Gasteiger partial charge is 0.480 e. The molecule has 3 N–H and O–H groups in total. The third kappa shape index (κ3) is 9.69. The Bertz CT molecular complexity index is 162.